The van der Waals surface area contributed by atoms with E-state index in [4.69, 9.17) is 5.26 Å². The van der Waals surface area contributed by atoms with Crippen molar-refractivity contribution in [3.63, 3.8) is 0 Å². The van der Waals surface area contributed by atoms with E-state index in [0.29, 0.717) is 0 Å². The minimum atomic E-state index is 0.751. The SMILES string of the molecule is CCCCCCCCCCCCCCCCSc1ccc(C#N)cc1. The Labute approximate surface area is 160 Å². The van der Waals surface area contributed by atoms with Gasteiger partial charge in [-0.3, -0.25) is 0 Å². The van der Waals surface area contributed by atoms with Crippen molar-refractivity contribution in [1.29, 1.82) is 5.26 Å². The van der Waals surface area contributed by atoms with Crippen LogP contribution in [0.5, 0.6) is 0 Å². The predicted molar refractivity (Wildman–Crippen MR) is 112 cm³/mol. The summed E-state index contributed by atoms with van der Waals surface area (Å²) in [6.45, 7) is 2.29. The molecule has 0 spiro atoms. The molecule has 0 heterocycles. The van der Waals surface area contributed by atoms with E-state index in [2.05, 4.69) is 25.1 Å². The number of benzene rings is 1. The summed E-state index contributed by atoms with van der Waals surface area (Å²) in [4.78, 5) is 1.29. The third-order valence-electron chi connectivity index (χ3n) is 4.75. The molecule has 1 aromatic carbocycles. The average Bonchev–Trinajstić information content (AvgIpc) is 2.65. The first-order valence-electron chi connectivity index (χ1n) is 10.5. The fraction of sp³-hybridized carbons (Fsp3) is 0.696. The Balaban J connectivity index is 1.79. The van der Waals surface area contributed by atoms with E-state index in [1.54, 1.807) is 0 Å². The summed E-state index contributed by atoms with van der Waals surface area (Å²) in [7, 11) is 0. The van der Waals surface area contributed by atoms with Gasteiger partial charge >= 0.3 is 0 Å². The molecule has 1 nitrogen and oxygen atoms in total. The Morgan fingerprint density at radius 1 is 0.680 bits per heavy atom. The van der Waals surface area contributed by atoms with Gasteiger partial charge in [0.1, 0.15) is 0 Å². The lowest BCUT2D eigenvalue weighted by atomic mass is 10.0. The molecule has 0 saturated carbocycles. The van der Waals surface area contributed by atoms with Gasteiger partial charge in [-0.2, -0.15) is 5.26 Å². The normalized spacial score (nSPS) is 10.7. The van der Waals surface area contributed by atoms with Crippen LogP contribution in [0, 0.1) is 11.3 Å². The van der Waals surface area contributed by atoms with Crippen molar-refractivity contribution in [2.75, 3.05) is 5.75 Å². The zero-order chi connectivity index (χ0) is 18.0. The smallest absolute Gasteiger partial charge is 0.0991 e. The highest BCUT2D eigenvalue weighted by Gasteiger charge is 1.97. The van der Waals surface area contributed by atoms with Crippen molar-refractivity contribution in [3.05, 3.63) is 29.8 Å². The minimum Gasteiger partial charge on any atom is -0.192 e. The van der Waals surface area contributed by atoms with Gasteiger partial charge < -0.3 is 0 Å². The van der Waals surface area contributed by atoms with Crippen molar-refractivity contribution in [2.24, 2.45) is 0 Å². The van der Waals surface area contributed by atoms with Crippen LogP contribution in [0.25, 0.3) is 0 Å². The van der Waals surface area contributed by atoms with E-state index in [-0.39, 0.29) is 0 Å². The Bertz CT molecular complexity index is 446. The van der Waals surface area contributed by atoms with E-state index < -0.39 is 0 Å². The summed E-state index contributed by atoms with van der Waals surface area (Å²) >= 11 is 1.91. The highest BCUT2D eigenvalue weighted by Crippen LogP contribution is 2.20. The number of thioether (sulfide) groups is 1. The van der Waals surface area contributed by atoms with E-state index >= 15 is 0 Å². The second-order valence-corrected chi connectivity index (χ2v) is 8.25. The molecule has 1 rings (SSSR count). The van der Waals surface area contributed by atoms with Crippen LogP contribution in [0.15, 0.2) is 29.2 Å². The second-order valence-electron chi connectivity index (χ2n) is 7.08. The molecule has 0 atom stereocenters. The maximum atomic E-state index is 8.79. The topological polar surface area (TPSA) is 23.8 Å². The molecule has 0 amide bonds. The molecule has 0 unspecified atom stereocenters. The molecule has 0 radical (unpaired) electrons. The van der Waals surface area contributed by atoms with E-state index in [1.807, 2.05) is 23.9 Å². The largest absolute Gasteiger partial charge is 0.192 e. The second kappa shape index (κ2) is 16.5. The molecule has 0 aromatic heterocycles. The van der Waals surface area contributed by atoms with Crippen LogP contribution in [-0.2, 0) is 0 Å². The zero-order valence-corrected chi connectivity index (χ0v) is 17.1. The van der Waals surface area contributed by atoms with Gasteiger partial charge in [-0.15, -0.1) is 11.8 Å². The maximum Gasteiger partial charge on any atom is 0.0991 e. The first-order chi connectivity index (χ1) is 12.4. The molecule has 2 heteroatoms. The summed E-state index contributed by atoms with van der Waals surface area (Å²) < 4.78 is 0. The van der Waals surface area contributed by atoms with Crippen molar-refractivity contribution < 1.29 is 0 Å². The van der Waals surface area contributed by atoms with Gasteiger partial charge in [-0.05, 0) is 36.4 Å². The van der Waals surface area contributed by atoms with E-state index in [1.165, 1.54) is 101 Å². The lowest BCUT2D eigenvalue weighted by Gasteiger charge is -2.04. The average molecular weight is 360 g/mol. The molecule has 1 aromatic rings. The fourth-order valence-electron chi connectivity index (χ4n) is 3.11. The summed E-state index contributed by atoms with van der Waals surface area (Å²) in [5.74, 6) is 1.20. The Morgan fingerprint density at radius 3 is 1.56 bits per heavy atom. The third-order valence-corrected chi connectivity index (χ3v) is 5.85. The van der Waals surface area contributed by atoms with Crippen LogP contribution in [0.4, 0.5) is 0 Å². The number of nitrogens with zero attached hydrogens (tertiary/aromatic N) is 1. The molecular weight excluding hydrogens is 322 g/mol. The third kappa shape index (κ3) is 13.0. The van der Waals surface area contributed by atoms with Crippen LogP contribution >= 0.6 is 11.8 Å². The Kier molecular flexibility index (Phi) is 14.6. The number of hydrogen-bond donors (Lipinski definition) is 0. The van der Waals surface area contributed by atoms with Gasteiger partial charge in [-0.25, -0.2) is 0 Å². The molecule has 25 heavy (non-hydrogen) atoms. The van der Waals surface area contributed by atoms with E-state index in [0.717, 1.165) is 5.56 Å². The van der Waals surface area contributed by atoms with Gasteiger partial charge in [0.15, 0.2) is 0 Å². The first kappa shape index (κ1) is 22.1. The maximum absolute atomic E-state index is 8.79. The lowest BCUT2D eigenvalue weighted by Crippen LogP contribution is -1.85. The molecule has 0 saturated heterocycles. The monoisotopic (exact) mass is 359 g/mol. The fourth-order valence-corrected chi connectivity index (χ4v) is 4.03. The molecule has 0 aliphatic carbocycles. The van der Waals surface area contributed by atoms with Gasteiger partial charge in [0.25, 0.3) is 0 Å². The van der Waals surface area contributed by atoms with Crippen LogP contribution in [0.1, 0.15) is 102 Å². The van der Waals surface area contributed by atoms with Crippen molar-refractivity contribution >= 4 is 11.8 Å². The highest BCUT2D eigenvalue weighted by molar-refractivity contribution is 7.99. The standard InChI is InChI=1S/C23H37NS/c1-2-3-4-5-6-7-8-9-10-11-12-13-14-15-20-25-23-18-16-22(21-24)17-19-23/h16-19H,2-15,20H2,1H3. The molecule has 0 aliphatic heterocycles. The van der Waals surface area contributed by atoms with Crippen LogP contribution in [0.2, 0.25) is 0 Å². The van der Waals surface area contributed by atoms with Gasteiger partial charge in [0.05, 0.1) is 11.6 Å². The van der Waals surface area contributed by atoms with Crippen LogP contribution in [0.3, 0.4) is 0 Å². The Morgan fingerprint density at radius 2 is 1.12 bits per heavy atom. The van der Waals surface area contributed by atoms with Gasteiger partial charge in [0.2, 0.25) is 0 Å². The van der Waals surface area contributed by atoms with Gasteiger partial charge in [-0.1, -0.05) is 90.4 Å². The minimum absolute atomic E-state index is 0.751. The predicted octanol–water partition coefficient (Wildman–Crippen LogP) is 8.13. The summed E-state index contributed by atoms with van der Waals surface area (Å²) in [6.07, 6.45) is 19.8. The summed E-state index contributed by atoms with van der Waals surface area (Å²) in [6, 6.07) is 10.1. The molecule has 0 fully saturated rings. The zero-order valence-electron chi connectivity index (χ0n) is 16.3. The van der Waals surface area contributed by atoms with Gasteiger partial charge in [0, 0.05) is 4.90 Å². The highest BCUT2D eigenvalue weighted by atomic mass is 32.2. The van der Waals surface area contributed by atoms with Crippen molar-refractivity contribution in [2.45, 2.75) is 102 Å². The lowest BCUT2D eigenvalue weighted by molar-refractivity contribution is 0.538. The summed E-state index contributed by atoms with van der Waals surface area (Å²) in [5, 5.41) is 8.79. The molecule has 0 N–H and O–H groups in total. The van der Waals surface area contributed by atoms with Crippen molar-refractivity contribution in [3.8, 4) is 6.07 Å². The Hall–Kier alpha value is -0.940. The molecular formula is C23H37NS. The number of rotatable bonds is 16. The number of unbranched alkanes of at least 4 members (excludes halogenated alkanes) is 13. The number of nitriles is 1. The molecule has 0 aliphatic rings. The van der Waals surface area contributed by atoms with E-state index in [9.17, 15) is 0 Å². The van der Waals surface area contributed by atoms with Crippen molar-refractivity contribution in [1.82, 2.24) is 0 Å². The molecule has 0 bridgehead atoms. The first-order valence-corrected chi connectivity index (χ1v) is 11.5. The molecule has 140 valence electrons. The summed E-state index contributed by atoms with van der Waals surface area (Å²) in [5.41, 5.74) is 0.751. The number of hydrogen-bond acceptors (Lipinski definition) is 2. The van der Waals surface area contributed by atoms with Crippen LogP contribution in [-0.4, -0.2) is 5.75 Å². The van der Waals surface area contributed by atoms with Crippen LogP contribution < -0.4 is 0 Å². The quantitative estimate of drug-likeness (QED) is 0.220.